The smallest absolute Gasteiger partial charge is 0.270 e. The minimum atomic E-state index is -2.15. The van der Waals surface area contributed by atoms with Gasteiger partial charge in [-0.3, -0.25) is 19.9 Å². The zero-order chi connectivity index (χ0) is 26.1. The van der Waals surface area contributed by atoms with Crippen molar-refractivity contribution in [2.75, 3.05) is 6.54 Å². The van der Waals surface area contributed by atoms with E-state index < -0.39 is 23.5 Å². The van der Waals surface area contributed by atoms with Gasteiger partial charge in [0.2, 0.25) is 5.91 Å². The lowest BCUT2D eigenvalue weighted by Gasteiger charge is -2.34. The van der Waals surface area contributed by atoms with E-state index in [4.69, 9.17) is 16.9 Å². The summed E-state index contributed by atoms with van der Waals surface area (Å²) >= 11 is 0. The molecule has 2 amide bonds. The molecule has 0 saturated heterocycles. The zero-order valence-corrected chi connectivity index (χ0v) is 19.8. The molecular formula is C27H31N5O4. The average molecular weight is 490 g/mol. The van der Waals surface area contributed by atoms with Gasteiger partial charge >= 0.3 is 0 Å². The van der Waals surface area contributed by atoms with Gasteiger partial charge in [-0.1, -0.05) is 72.8 Å². The molecule has 0 saturated carbocycles. The number of aromatic hydroxyl groups is 1. The number of amides is 2. The predicted octanol–water partition coefficient (Wildman–Crippen LogP) is 1.77. The number of hydrogen-bond donors (Lipinski definition) is 6. The fourth-order valence-electron chi connectivity index (χ4n) is 3.87. The maximum Gasteiger partial charge on any atom is 0.270 e. The van der Waals surface area contributed by atoms with Crippen molar-refractivity contribution >= 4 is 17.8 Å². The van der Waals surface area contributed by atoms with E-state index >= 15 is 0 Å². The van der Waals surface area contributed by atoms with E-state index in [0.29, 0.717) is 29.7 Å². The minimum Gasteiger partial charge on any atom is -0.508 e. The van der Waals surface area contributed by atoms with Crippen molar-refractivity contribution in [2.24, 2.45) is 11.5 Å². The molecule has 0 fully saturated rings. The highest BCUT2D eigenvalue weighted by atomic mass is 16.3. The van der Waals surface area contributed by atoms with Crippen LogP contribution in [-0.2, 0) is 21.7 Å². The van der Waals surface area contributed by atoms with Crippen molar-refractivity contribution in [2.45, 2.75) is 31.0 Å². The molecule has 0 heterocycles. The molecule has 8 N–H and O–H groups in total. The van der Waals surface area contributed by atoms with Crippen molar-refractivity contribution in [3.63, 3.8) is 0 Å². The lowest BCUT2D eigenvalue weighted by molar-refractivity contribution is -0.157. The van der Waals surface area contributed by atoms with Gasteiger partial charge in [-0.25, -0.2) is 0 Å². The highest BCUT2D eigenvalue weighted by Crippen LogP contribution is 2.33. The predicted molar refractivity (Wildman–Crippen MR) is 137 cm³/mol. The number of phenols is 1. The SMILES string of the molecule is N=C(N)NCCC[C@@H](N)C(=O)N(Cc1ccc(O)cc1)C(=O)C(O)(c1ccccc1)c1ccccc1. The van der Waals surface area contributed by atoms with Gasteiger partial charge in [0.15, 0.2) is 11.6 Å². The molecule has 9 nitrogen and oxygen atoms in total. The third-order valence-electron chi connectivity index (χ3n) is 5.81. The first-order valence-electron chi connectivity index (χ1n) is 11.5. The number of hydrogen-bond acceptors (Lipinski definition) is 6. The number of phenolic OH excluding ortho intramolecular Hbond substituents is 1. The van der Waals surface area contributed by atoms with E-state index in [2.05, 4.69) is 5.32 Å². The fraction of sp³-hybridized carbons (Fsp3) is 0.222. The third kappa shape index (κ3) is 6.26. The Morgan fingerprint density at radius 2 is 1.47 bits per heavy atom. The Balaban J connectivity index is 1.99. The molecule has 0 spiro atoms. The zero-order valence-electron chi connectivity index (χ0n) is 19.8. The van der Waals surface area contributed by atoms with E-state index in [1.165, 1.54) is 12.1 Å². The molecule has 36 heavy (non-hydrogen) atoms. The number of carbonyl (C=O) groups excluding carboxylic acids is 2. The van der Waals surface area contributed by atoms with Gasteiger partial charge in [0.05, 0.1) is 12.6 Å². The number of carbonyl (C=O) groups is 2. The Hall–Kier alpha value is -4.21. The van der Waals surface area contributed by atoms with Crippen LogP contribution in [0.15, 0.2) is 84.9 Å². The molecule has 0 aliphatic rings. The lowest BCUT2D eigenvalue weighted by atomic mass is 9.84. The van der Waals surface area contributed by atoms with E-state index in [9.17, 15) is 19.8 Å². The largest absolute Gasteiger partial charge is 0.508 e. The van der Waals surface area contributed by atoms with Gasteiger partial charge in [0, 0.05) is 6.54 Å². The van der Waals surface area contributed by atoms with Crippen LogP contribution in [-0.4, -0.2) is 45.5 Å². The van der Waals surface area contributed by atoms with Crippen LogP contribution < -0.4 is 16.8 Å². The highest BCUT2D eigenvalue weighted by molar-refractivity contribution is 6.03. The third-order valence-corrected chi connectivity index (χ3v) is 5.81. The van der Waals surface area contributed by atoms with Crippen LogP contribution in [0.5, 0.6) is 5.75 Å². The lowest BCUT2D eigenvalue weighted by Crippen LogP contribution is -2.54. The molecule has 0 aliphatic carbocycles. The number of nitrogens with zero attached hydrogens (tertiary/aromatic N) is 1. The van der Waals surface area contributed by atoms with Crippen LogP contribution in [0.2, 0.25) is 0 Å². The Kier molecular flexibility index (Phi) is 8.77. The maximum absolute atomic E-state index is 14.1. The molecular weight excluding hydrogens is 458 g/mol. The topological polar surface area (TPSA) is 166 Å². The molecule has 188 valence electrons. The molecule has 0 radical (unpaired) electrons. The second-order valence-electron chi connectivity index (χ2n) is 8.43. The molecule has 3 rings (SSSR count). The number of nitrogens with two attached hydrogens (primary N) is 2. The first-order valence-corrected chi connectivity index (χ1v) is 11.5. The number of rotatable bonds is 10. The molecule has 3 aromatic rings. The van der Waals surface area contributed by atoms with Crippen molar-refractivity contribution in [3.05, 3.63) is 102 Å². The van der Waals surface area contributed by atoms with Gasteiger partial charge in [0.25, 0.3) is 5.91 Å². The summed E-state index contributed by atoms with van der Waals surface area (Å²) in [5.41, 5.74) is 10.5. The van der Waals surface area contributed by atoms with E-state index in [-0.39, 0.29) is 24.7 Å². The van der Waals surface area contributed by atoms with Crippen molar-refractivity contribution in [1.29, 1.82) is 5.41 Å². The number of guanidine groups is 1. The normalized spacial score (nSPS) is 11.9. The second kappa shape index (κ2) is 12.0. The maximum atomic E-state index is 14.1. The second-order valence-corrected chi connectivity index (χ2v) is 8.43. The van der Waals surface area contributed by atoms with Crippen molar-refractivity contribution < 1.29 is 19.8 Å². The Labute approximate surface area is 209 Å². The van der Waals surface area contributed by atoms with Gasteiger partial charge in [-0.2, -0.15) is 0 Å². The first kappa shape index (κ1) is 26.4. The quantitative estimate of drug-likeness (QED) is 0.143. The van der Waals surface area contributed by atoms with Crippen LogP contribution in [0, 0.1) is 5.41 Å². The summed E-state index contributed by atoms with van der Waals surface area (Å²) in [7, 11) is 0. The Morgan fingerprint density at radius 3 is 1.97 bits per heavy atom. The van der Waals surface area contributed by atoms with Gasteiger partial charge in [-0.05, 0) is 41.7 Å². The summed E-state index contributed by atoms with van der Waals surface area (Å²) in [6, 6.07) is 21.9. The summed E-state index contributed by atoms with van der Waals surface area (Å²) < 4.78 is 0. The molecule has 0 bridgehead atoms. The van der Waals surface area contributed by atoms with E-state index in [0.717, 1.165) is 4.90 Å². The summed E-state index contributed by atoms with van der Waals surface area (Å²) in [6.07, 6.45) is 0.670. The highest BCUT2D eigenvalue weighted by Gasteiger charge is 2.45. The molecule has 9 heteroatoms. The van der Waals surface area contributed by atoms with Crippen LogP contribution in [0.4, 0.5) is 0 Å². The van der Waals surface area contributed by atoms with Crippen LogP contribution in [0.3, 0.4) is 0 Å². The van der Waals surface area contributed by atoms with Gasteiger partial charge in [-0.15, -0.1) is 0 Å². The summed E-state index contributed by atoms with van der Waals surface area (Å²) in [4.78, 5) is 28.6. The van der Waals surface area contributed by atoms with Crippen molar-refractivity contribution in [3.8, 4) is 5.75 Å². The Morgan fingerprint density at radius 1 is 0.944 bits per heavy atom. The van der Waals surface area contributed by atoms with E-state index in [1.54, 1.807) is 72.8 Å². The summed E-state index contributed by atoms with van der Waals surface area (Å²) in [5, 5.41) is 31.5. The molecule has 0 aromatic heterocycles. The number of benzene rings is 3. The standard InChI is InChI=1S/C27H31N5O4/c28-23(12-7-17-31-26(29)30)24(34)32(18-19-13-15-22(33)16-14-19)25(35)27(36,20-8-3-1-4-9-20)21-10-5-2-6-11-21/h1-6,8-11,13-16,23,33,36H,7,12,17-18,28H2,(H4,29,30,31)/t23-/m1/s1. The van der Waals surface area contributed by atoms with E-state index in [1.807, 2.05) is 0 Å². The number of aliphatic hydroxyl groups is 1. The average Bonchev–Trinajstić information content (AvgIpc) is 2.90. The number of imide groups is 1. The Bertz CT molecular complexity index is 1130. The van der Waals surface area contributed by atoms with Crippen molar-refractivity contribution in [1.82, 2.24) is 10.2 Å². The monoisotopic (exact) mass is 489 g/mol. The van der Waals surface area contributed by atoms with Gasteiger partial charge in [0.1, 0.15) is 5.75 Å². The summed E-state index contributed by atoms with van der Waals surface area (Å²) in [6.45, 7) is 0.194. The van der Waals surface area contributed by atoms with Gasteiger partial charge < -0.3 is 27.0 Å². The minimum absolute atomic E-state index is 0.0442. The summed E-state index contributed by atoms with van der Waals surface area (Å²) in [5.74, 6) is -1.63. The van der Waals surface area contributed by atoms with Crippen LogP contribution in [0.25, 0.3) is 0 Å². The van der Waals surface area contributed by atoms with Crippen LogP contribution >= 0.6 is 0 Å². The molecule has 3 aromatic carbocycles. The number of nitrogens with one attached hydrogen (secondary N) is 2. The first-order chi connectivity index (χ1) is 17.2. The molecule has 0 unspecified atom stereocenters. The molecule has 0 aliphatic heterocycles. The fourth-order valence-corrected chi connectivity index (χ4v) is 3.87. The molecule has 1 atom stereocenters. The van der Waals surface area contributed by atoms with Crippen LogP contribution in [0.1, 0.15) is 29.5 Å².